The van der Waals surface area contributed by atoms with Crippen molar-refractivity contribution >= 4 is 16.9 Å². The number of H-pyrrole nitrogens is 1. The van der Waals surface area contributed by atoms with Crippen molar-refractivity contribution in [3.05, 3.63) is 34.7 Å². The number of carbonyl (C=O) groups is 1. The molecule has 0 spiro atoms. The van der Waals surface area contributed by atoms with Gasteiger partial charge in [0.2, 0.25) is 5.91 Å². The number of carbonyl (C=O) groups excluding carboxylic acids is 1. The summed E-state index contributed by atoms with van der Waals surface area (Å²) in [5, 5.41) is 5.67. The lowest BCUT2D eigenvalue weighted by Gasteiger charge is -2.05. The van der Waals surface area contributed by atoms with Gasteiger partial charge >= 0.3 is 5.69 Å². The second kappa shape index (κ2) is 5.50. The van der Waals surface area contributed by atoms with Crippen molar-refractivity contribution in [3.63, 3.8) is 0 Å². The van der Waals surface area contributed by atoms with E-state index in [4.69, 9.17) is 0 Å². The van der Waals surface area contributed by atoms with Gasteiger partial charge in [-0.05, 0) is 19.2 Å². The normalized spacial score (nSPS) is 10.7. The Morgan fingerprint density at radius 3 is 2.89 bits per heavy atom. The Bertz CT molecular complexity index is 599. The zero-order valence-corrected chi connectivity index (χ0v) is 10.2. The van der Waals surface area contributed by atoms with Crippen LogP contribution in [0.15, 0.2) is 29.1 Å². The number of aromatic nitrogens is 2. The Morgan fingerprint density at radius 1 is 1.33 bits per heavy atom. The van der Waals surface area contributed by atoms with Crippen molar-refractivity contribution < 1.29 is 4.79 Å². The highest BCUT2D eigenvalue weighted by atomic mass is 16.2. The second-order valence-electron chi connectivity index (χ2n) is 3.99. The first-order valence-electron chi connectivity index (χ1n) is 5.81. The van der Waals surface area contributed by atoms with Gasteiger partial charge in [-0.3, -0.25) is 9.36 Å². The van der Waals surface area contributed by atoms with Gasteiger partial charge in [0.25, 0.3) is 0 Å². The number of rotatable bonds is 5. The van der Waals surface area contributed by atoms with Crippen LogP contribution in [0.2, 0.25) is 0 Å². The molecule has 0 fully saturated rings. The van der Waals surface area contributed by atoms with Crippen LogP contribution in [0.3, 0.4) is 0 Å². The van der Waals surface area contributed by atoms with Crippen LogP contribution in [0.5, 0.6) is 0 Å². The van der Waals surface area contributed by atoms with Gasteiger partial charge < -0.3 is 15.6 Å². The smallest absolute Gasteiger partial charge is 0.326 e. The molecule has 6 heteroatoms. The van der Waals surface area contributed by atoms with E-state index in [-0.39, 0.29) is 18.1 Å². The van der Waals surface area contributed by atoms with Crippen LogP contribution in [0, 0.1) is 0 Å². The zero-order valence-electron chi connectivity index (χ0n) is 10.2. The van der Waals surface area contributed by atoms with E-state index in [0.29, 0.717) is 13.1 Å². The second-order valence-corrected chi connectivity index (χ2v) is 3.99. The summed E-state index contributed by atoms with van der Waals surface area (Å²) in [6.45, 7) is 1.29. The van der Waals surface area contributed by atoms with Crippen LogP contribution in [0.25, 0.3) is 11.0 Å². The third-order valence-corrected chi connectivity index (χ3v) is 2.68. The third-order valence-electron chi connectivity index (χ3n) is 2.68. The molecule has 6 nitrogen and oxygen atoms in total. The molecule has 2 aromatic rings. The number of likely N-dealkylation sites (N-methyl/N-ethyl adjacent to an activating group) is 1. The van der Waals surface area contributed by atoms with E-state index >= 15 is 0 Å². The number of benzene rings is 1. The lowest BCUT2D eigenvalue weighted by atomic mass is 10.3. The van der Waals surface area contributed by atoms with Crippen molar-refractivity contribution in [2.75, 3.05) is 20.1 Å². The fourth-order valence-electron chi connectivity index (χ4n) is 1.79. The van der Waals surface area contributed by atoms with E-state index < -0.39 is 0 Å². The number of aromatic amines is 1. The predicted octanol–water partition coefficient (Wildman–Crippen LogP) is -0.335. The topological polar surface area (TPSA) is 78.9 Å². The summed E-state index contributed by atoms with van der Waals surface area (Å²) in [5.41, 5.74) is 1.22. The molecule has 96 valence electrons. The number of hydrogen-bond acceptors (Lipinski definition) is 3. The van der Waals surface area contributed by atoms with Gasteiger partial charge in [-0.1, -0.05) is 12.1 Å². The molecule has 1 amide bonds. The Balaban J connectivity index is 2.14. The first kappa shape index (κ1) is 12.4. The summed E-state index contributed by atoms with van der Waals surface area (Å²) in [6, 6.07) is 7.31. The molecule has 18 heavy (non-hydrogen) atoms. The van der Waals surface area contributed by atoms with E-state index in [1.807, 2.05) is 31.3 Å². The molecule has 0 bridgehead atoms. The largest absolute Gasteiger partial charge is 0.353 e. The van der Waals surface area contributed by atoms with Gasteiger partial charge in [0.15, 0.2) is 0 Å². The van der Waals surface area contributed by atoms with Gasteiger partial charge in [-0.2, -0.15) is 0 Å². The highest BCUT2D eigenvalue weighted by Gasteiger charge is 2.09. The number of nitrogens with one attached hydrogen (secondary N) is 3. The molecule has 0 aliphatic heterocycles. The SMILES string of the molecule is CNCCNC(=O)Cn1c(=O)[nH]c2ccccc21. The van der Waals surface area contributed by atoms with Crippen LogP contribution in [0.1, 0.15) is 0 Å². The number of imidazole rings is 1. The van der Waals surface area contributed by atoms with Gasteiger partial charge in [0, 0.05) is 13.1 Å². The number of fused-ring (bicyclic) bond motifs is 1. The van der Waals surface area contributed by atoms with Crippen LogP contribution in [0.4, 0.5) is 0 Å². The lowest BCUT2D eigenvalue weighted by molar-refractivity contribution is -0.121. The minimum Gasteiger partial charge on any atom is -0.353 e. The summed E-state index contributed by atoms with van der Waals surface area (Å²) >= 11 is 0. The fourth-order valence-corrected chi connectivity index (χ4v) is 1.79. The van der Waals surface area contributed by atoms with E-state index in [9.17, 15) is 9.59 Å². The van der Waals surface area contributed by atoms with Gasteiger partial charge in [0.05, 0.1) is 11.0 Å². The molecule has 1 aromatic carbocycles. The predicted molar refractivity (Wildman–Crippen MR) is 69.5 cm³/mol. The van der Waals surface area contributed by atoms with Gasteiger partial charge in [0.1, 0.15) is 6.54 Å². The molecule has 0 unspecified atom stereocenters. The first-order chi connectivity index (χ1) is 8.72. The highest BCUT2D eigenvalue weighted by Crippen LogP contribution is 2.08. The van der Waals surface area contributed by atoms with E-state index in [0.717, 1.165) is 11.0 Å². The quantitative estimate of drug-likeness (QED) is 0.634. The summed E-state index contributed by atoms with van der Waals surface area (Å²) in [4.78, 5) is 26.1. The Morgan fingerprint density at radius 2 is 2.11 bits per heavy atom. The van der Waals surface area contributed by atoms with Crippen molar-refractivity contribution in [2.45, 2.75) is 6.54 Å². The Kier molecular flexibility index (Phi) is 3.78. The molecule has 0 radical (unpaired) electrons. The lowest BCUT2D eigenvalue weighted by Crippen LogP contribution is -2.35. The van der Waals surface area contributed by atoms with Crippen molar-refractivity contribution in [2.24, 2.45) is 0 Å². The fraction of sp³-hybridized carbons (Fsp3) is 0.333. The Hall–Kier alpha value is -2.08. The number of nitrogens with zero attached hydrogens (tertiary/aromatic N) is 1. The molecule has 0 aliphatic carbocycles. The average Bonchev–Trinajstić information content (AvgIpc) is 2.67. The third kappa shape index (κ3) is 2.60. The minimum atomic E-state index is -0.264. The van der Waals surface area contributed by atoms with Crippen LogP contribution in [-0.4, -0.2) is 35.6 Å². The summed E-state index contributed by atoms with van der Waals surface area (Å²) in [6.07, 6.45) is 0. The standard InChI is InChI=1S/C12H16N4O2/c1-13-6-7-14-11(17)8-16-10-5-3-2-4-9(10)15-12(16)18/h2-5,13H,6-8H2,1H3,(H,14,17)(H,15,18). The zero-order chi connectivity index (χ0) is 13.0. The Labute approximate surface area is 104 Å². The first-order valence-corrected chi connectivity index (χ1v) is 5.81. The molecule has 2 rings (SSSR count). The molecule has 0 saturated carbocycles. The van der Waals surface area contributed by atoms with Crippen LogP contribution >= 0.6 is 0 Å². The van der Waals surface area contributed by atoms with Gasteiger partial charge in [-0.15, -0.1) is 0 Å². The van der Waals surface area contributed by atoms with Crippen LogP contribution < -0.4 is 16.3 Å². The van der Waals surface area contributed by atoms with Crippen molar-refractivity contribution in [1.29, 1.82) is 0 Å². The molecule has 0 saturated heterocycles. The molecule has 1 aromatic heterocycles. The maximum absolute atomic E-state index is 11.7. The molecular weight excluding hydrogens is 232 g/mol. The van der Waals surface area contributed by atoms with E-state index in [1.54, 1.807) is 0 Å². The van der Waals surface area contributed by atoms with Crippen molar-refractivity contribution in [3.8, 4) is 0 Å². The maximum atomic E-state index is 11.7. The molecular formula is C12H16N4O2. The summed E-state index contributed by atoms with van der Waals surface area (Å²) in [5.74, 6) is -0.169. The van der Waals surface area contributed by atoms with E-state index in [2.05, 4.69) is 15.6 Å². The maximum Gasteiger partial charge on any atom is 0.326 e. The number of amides is 1. The molecule has 3 N–H and O–H groups in total. The minimum absolute atomic E-state index is 0.0343. The van der Waals surface area contributed by atoms with Crippen molar-refractivity contribution in [1.82, 2.24) is 20.2 Å². The van der Waals surface area contributed by atoms with Gasteiger partial charge in [-0.25, -0.2) is 4.79 Å². The summed E-state index contributed by atoms with van der Waals surface area (Å²) in [7, 11) is 1.82. The molecule has 0 atom stereocenters. The number of hydrogen-bond donors (Lipinski definition) is 3. The van der Waals surface area contributed by atoms with E-state index in [1.165, 1.54) is 4.57 Å². The molecule has 1 heterocycles. The molecule has 0 aliphatic rings. The van der Waals surface area contributed by atoms with Crippen LogP contribution in [-0.2, 0) is 11.3 Å². The summed E-state index contributed by atoms with van der Waals surface area (Å²) < 4.78 is 1.43. The average molecular weight is 248 g/mol. The highest BCUT2D eigenvalue weighted by molar-refractivity contribution is 5.80. The monoisotopic (exact) mass is 248 g/mol. The number of para-hydroxylation sites is 2.